The number of hydrogen-bond donors (Lipinski definition) is 0. The zero-order valence-electron chi connectivity index (χ0n) is 22.1. The molecular formula is C32H32BrN5O. The normalized spacial score (nSPS) is 14.3. The van der Waals surface area contributed by atoms with Crippen molar-refractivity contribution >= 4 is 32.6 Å². The van der Waals surface area contributed by atoms with Crippen molar-refractivity contribution in [3.63, 3.8) is 0 Å². The van der Waals surface area contributed by atoms with Crippen molar-refractivity contribution in [3.05, 3.63) is 113 Å². The molecule has 1 aliphatic rings. The molecule has 1 fully saturated rings. The number of amides is 1. The summed E-state index contributed by atoms with van der Waals surface area (Å²) in [7, 11) is 2.11. The molecule has 0 aliphatic carbocycles. The minimum Gasteiger partial charge on any atom is -0.347 e. The highest BCUT2D eigenvalue weighted by Gasteiger charge is 2.25. The average molecular weight is 583 g/mol. The number of hydrogen-bond acceptors (Lipinski definition) is 3. The maximum atomic E-state index is 13.9. The van der Waals surface area contributed by atoms with E-state index in [0.717, 1.165) is 71.4 Å². The molecule has 0 unspecified atom stereocenters. The first-order valence-corrected chi connectivity index (χ1v) is 14.2. The van der Waals surface area contributed by atoms with Gasteiger partial charge in [-0.1, -0.05) is 70.5 Å². The Labute approximate surface area is 237 Å². The number of carbonyl (C=O) groups excluding carboxylic acids is 1. The first-order valence-electron chi connectivity index (χ1n) is 13.4. The number of halogens is 1. The molecule has 3 heterocycles. The van der Waals surface area contributed by atoms with Gasteiger partial charge in [0.1, 0.15) is 0 Å². The van der Waals surface area contributed by atoms with Gasteiger partial charge in [-0.3, -0.25) is 4.79 Å². The molecule has 0 N–H and O–H groups in total. The van der Waals surface area contributed by atoms with E-state index in [9.17, 15) is 4.79 Å². The molecule has 6 nitrogen and oxygen atoms in total. The van der Waals surface area contributed by atoms with Gasteiger partial charge in [0.15, 0.2) is 0 Å². The highest BCUT2D eigenvalue weighted by molar-refractivity contribution is 9.10. The van der Waals surface area contributed by atoms with Crippen LogP contribution >= 0.6 is 15.9 Å². The van der Waals surface area contributed by atoms with Crippen LogP contribution in [0.1, 0.15) is 21.6 Å². The second-order valence-electron chi connectivity index (χ2n) is 10.3. The number of likely N-dealkylation sites (N-methyl/N-ethyl adjacent to an activating group) is 1. The highest BCUT2D eigenvalue weighted by Crippen LogP contribution is 2.33. The molecule has 6 rings (SSSR count). The van der Waals surface area contributed by atoms with Gasteiger partial charge in [-0.15, -0.1) is 0 Å². The third-order valence-corrected chi connectivity index (χ3v) is 8.21. The minimum atomic E-state index is 0.105. The molecule has 1 saturated heterocycles. The predicted octanol–water partition coefficient (Wildman–Crippen LogP) is 5.95. The minimum absolute atomic E-state index is 0.105. The van der Waals surface area contributed by atoms with Gasteiger partial charge >= 0.3 is 0 Å². The van der Waals surface area contributed by atoms with Gasteiger partial charge in [-0.05, 0) is 47.5 Å². The van der Waals surface area contributed by atoms with Crippen molar-refractivity contribution in [3.8, 4) is 11.1 Å². The van der Waals surface area contributed by atoms with Gasteiger partial charge < -0.3 is 18.9 Å². The van der Waals surface area contributed by atoms with Crippen LogP contribution < -0.4 is 0 Å². The Hall–Kier alpha value is -3.68. The molecule has 3 aromatic carbocycles. The molecular weight excluding hydrogens is 550 g/mol. The summed E-state index contributed by atoms with van der Waals surface area (Å²) in [5.74, 6) is 0.105. The molecule has 0 atom stereocenters. The van der Waals surface area contributed by atoms with Crippen LogP contribution in [0.15, 0.2) is 96.1 Å². The Balaban J connectivity index is 1.32. The molecule has 1 aliphatic heterocycles. The molecule has 0 saturated carbocycles. The second-order valence-corrected chi connectivity index (χ2v) is 11.3. The average Bonchev–Trinajstić information content (AvgIpc) is 3.59. The third-order valence-electron chi connectivity index (χ3n) is 7.68. The molecule has 198 valence electrons. The monoisotopic (exact) mass is 581 g/mol. The van der Waals surface area contributed by atoms with Crippen LogP contribution in [0.5, 0.6) is 0 Å². The lowest BCUT2D eigenvalue weighted by Crippen LogP contribution is -2.47. The quantitative estimate of drug-likeness (QED) is 0.239. The van der Waals surface area contributed by atoms with E-state index >= 15 is 0 Å². The van der Waals surface area contributed by atoms with Crippen LogP contribution in [0.3, 0.4) is 0 Å². The van der Waals surface area contributed by atoms with Gasteiger partial charge in [-0.25, -0.2) is 4.98 Å². The molecule has 0 spiro atoms. The fourth-order valence-electron chi connectivity index (χ4n) is 5.39. The number of piperazine rings is 1. The summed E-state index contributed by atoms with van der Waals surface area (Å²) in [6, 6.07) is 23.2. The van der Waals surface area contributed by atoms with E-state index in [0.29, 0.717) is 6.54 Å². The fraction of sp³-hybridized carbons (Fsp3) is 0.250. The Morgan fingerprint density at radius 2 is 1.67 bits per heavy atom. The number of aromatic nitrogens is 3. The molecule has 1 amide bonds. The summed E-state index contributed by atoms with van der Waals surface area (Å²) >= 11 is 3.51. The van der Waals surface area contributed by atoms with Crippen molar-refractivity contribution in [1.82, 2.24) is 23.9 Å². The standard InChI is InChI=1S/C32H32BrN5O/c1-35-15-17-37(18-16-35)32(39)31-22-36(21-30(31)29-8-4-6-25-5-2-3-7-28(25)29)20-27-19-34-23-38(27)14-13-24-9-11-26(33)12-10-24/h2-12,19,21-23H,13-18,20H2,1H3. The van der Waals surface area contributed by atoms with Crippen molar-refractivity contribution in [2.75, 3.05) is 33.2 Å². The SMILES string of the molecule is CN1CCN(C(=O)c2cn(Cc3cncn3CCc3ccc(Br)cc3)cc2-c2cccc3ccccc23)CC1. The van der Waals surface area contributed by atoms with E-state index < -0.39 is 0 Å². The summed E-state index contributed by atoms with van der Waals surface area (Å²) in [5, 5.41) is 2.33. The Morgan fingerprint density at radius 3 is 2.49 bits per heavy atom. The molecule has 2 aromatic heterocycles. The Morgan fingerprint density at radius 1 is 0.897 bits per heavy atom. The number of rotatable bonds is 7. The fourth-order valence-corrected chi connectivity index (χ4v) is 5.66. The van der Waals surface area contributed by atoms with Crippen LogP contribution in [0, 0.1) is 0 Å². The number of carbonyl (C=O) groups is 1. The number of aryl methyl sites for hydroxylation is 2. The molecule has 39 heavy (non-hydrogen) atoms. The zero-order valence-corrected chi connectivity index (χ0v) is 23.7. The lowest BCUT2D eigenvalue weighted by molar-refractivity contribution is 0.0665. The lowest BCUT2D eigenvalue weighted by Gasteiger charge is -2.32. The van der Waals surface area contributed by atoms with Crippen molar-refractivity contribution in [2.24, 2.45) is 0 Å². The number of nitrogens with zero attached hydrogens (tertiary/aromatic N) is 5. The predicted molar refractivity (Wildman–Crippen MR) is 160 cm³/mol. The summed E-state index contributed by atoms with van der Waals surface area (Å²) in [6.45, 7) is 4.79. The summed E-state index contributed by atoms with van der Waals surface area (Å²) < 4.78 is 5.45. The van der Waals surface area contributed by atoms with E-state index in [1.807, 2.05) is 23.6 Å². The van der Waals surface area contributed by atoms with Crippen LogP contribution in [0.2, 0.25) is 0 Å². The second kappa shape index (κ2) is 11.2. The Bertz CT molecular complexity index is 1590. The van der Waals surface area contributed by atoms with Crippen LogP contribution in [0.25, 0.3) is 21.9 Å². The molecule has 0 radical (unpaired) electrons. The van der Waals surface area contributed by atoms with E-state index in [4.69, 9.17) is 0 Å². The summed E-state index contributed by atoms with van der Waals surface area (Å²) in [6.07, 6.45) is 8.93. The van der Waals surface area contributed by atoms with Gasteiger partial charge in [-0.2, -0.15) is 0 Å². The lowest BCUT2D eigenvalue weighted by atomic mass is 9.97. The number of fused-ring (bicyclic) bond motifs is 1. The molecule has 7 heteroatoms. The van der Waals surface area contributed by atoms with E-state index in [1.54, 1.807) is 0 Å². The van der Waals surface area contributed by atoms with Crippen LogP contribution in [-0.2, 0) is 19.5 Å². The smallest absolute Gasteiger partial charge is 0.256 e. The van der Waals surface area contributed by atoms with Gasteiger partial charge in [0.25, 0.3) is 5.91 Å². The zero-order chi connectivity index (χ0) is 26.8. The number of benzene rings is 3. The maximum Gasteiger partial charge on any atom is 0.256 e. The highest BCUT2D eigenvalue weighted by atomic mass is 79.9. The first-order chi connectivity index (χ1) is 19.0. The van der Waals surface area contributed by atoms with Crippen LogP contribution in [0.4, 0.5) is 0 Å². The number of imidazole rings is 1. The van der Waals surface area contributed by atoms with E-state index in [2.05, 4.69) is 115 Å². The van der Waals surface area contributed by atoms with Crippen molar-refractivity contribution in [1.29, 1.82) is 0 Å². The van der Waals surface area contributed by atoms with Gasteiger partial charge in [0, 0.05) is 61.4 Å². The topological polar surface area (TPSA) is 46.3 Å². The van der Waals surface area contributed by atoms with E-state index in [1.165, 1.54) is 10.9 Å². The summed E-state index contributed by atoms with van der Waals surface area (Å²) in [4.78, 5) is 22.6. The van der Waals surface area contributed by atoms with Gasteiger partial charge in [0.2, 0.25) is 0 Å². The maximum absolute atomic E-state index is 13.9. The summed E-state index contributed by atoms with van der Waals surface area (Å²) in [5.41, 5.74) is 5.24. The van der Waals surface area contributed by atoms with Crippen molar-refractivity contribution < 1.29 is 4.79 Å². The van der Waals surface area contributed by atoms with Gasteiger partial charge in [0.05, 0.1) is 24.1 Å². The largest absolute Gasteiger partial charge is 0.347 e. The first kappa shape index (κ1) is 25.6. The van der Waals surface area contributed by atoms with Crippen molar-refractivity contribution in [2.45, 2.75) is 19.5 Å². The molecule has 5 aromatic rings. The van der Waals surface area contributed by atoms with E-state index in [-0.39, 0.29) is 5.91 Å². The molecule has 0 bridgehead atoms. The Kier molecular flexibility index (Phi) is 7.35. The third kappa shape index (κ3) is 5.56. The van der Waals surface area contributed by atoms with Crippen LogP contribution in [-0.4, -0.2) is 63.1 Å².